The summed E-state index contributed by atoms with van der Waals surface area (Å²) in [7, 11) is 0. The van der Waals surface area contributed by atoms with Gasteiger partial charge in [-0.15, -0.1) is 0 Å². The zero-order chi connectivity index (χ0) is 17.5. The molecule has 7 atom stereocenters. The first-order chi connectivity index (χ1) is 11.8. The molecule has 1 aliphatic heterocycles. The van der Waals surface area contributed by atoms with Crippen molar-refractivity contribution in [2.75, 3.05) is 13.2 Å². The second kappa shape index (κ2) is 5.23. The van der Waals surface area contributed by atoms with Gasteiger partial charge in [0.05, 0.1) is 18.8 Å². The first-order valence-electron chi connectivity index (χ1n) is 10.8. The van der Waals surface area contributed by atoms with Gasteiger partial charge in [-0.3, -0.25) is 0 Å². The van der Waals surface area contributed by atoms with Crippen LogP contribution in [0.2, 0.25) is 0 Å². The van der Waals surface area contributed by atoms with Crippen molar-refractivity contribution in [3.8, 4) is 0 Å². The van der Waals surface area contributed by atoms with Crippen LogP contribution in [0.3, 0.4) is 0 Å². The zero-order valence-corrected chi connectivity index (χ0v) is 16.4. The quantitative estimate of drug-likeness (QED) is 0.699. The van der Waals surface area contributed by atoms with E-state index in [-0.39, 0.29) is 16.6 Å². The first-order valence-corrected chi connectivity index (χ1v) is 10.8. The molecule has 1 spiro atoms. The molecule has 0 aromatic carbocycles. The Hall–Kier alpha value is -0.120. The molecular weight excluding hydrogens is 312 g/mol. The minimum absolute atomic E-state index is 0.122. The van der Waals surface area contributed by atoms with Crippen LogP contribution < -0.4 is 0 Å². The Morgan fingerprint density at radius 1 is 0.800 bits per heavy atom. The van der Waals surface area contributed by atoms with Gasteiger partial charge in [-0.2, -0.15) is 0 Å². The second-order valence-electron chi connectivity index (χ2n) is 10.7. The van der Waals surface area contributed by atoms with Crippen LogP contribution in [0.4, 0.5) is 0 Å². The normalized spacial score (nSPS) is 57.1. The van der Waals surface area contributed by atoms with E-state index in [0.29, 0.717) is 17.8 Å². The number of rotatable bonds is 0. The second-order valence-corrected chi connectivity index (χ2v) is 10.7. The molecule has 4 aliphatic carbocycles. The lowest BCUT2D eigenvalue weighted by molar-refractivity contribution is -0.260. The third-order valence-electron chi connectivity index (χ3n) is 9.85. The molecule has 1 heterocycles. The van der Waals surface area contributed by atoms with E-state index in [1.165, 1.54) is 38.5 Å². The predicted molar refractivity (Wildman–Crippen MR) is 97.0 cm³/mol. The lowest BCUT2D eigenvalue weighted by atomic mass is 9.43. The highest BCUT2D eigenvalue weighted by atomic mass is 16.7. The van der Waals surface area contributed by atoms with Gasteiger partial charge in [-0.05, 0) is 80.5 Å². The molecule has 5 aliphatic rings. The van der Waals surface area contributed by atoms with Crippen molar-refractivity contribution < 1.29 is 14.6 Å². The maximum absolute atomic E-state index is 11.6. The number of hydrogen-bond acceptors (Lipinski definition) is 3. The van der Waals surface area contributed by atoms with Crippen molar-refractivity contribution >= 4 is 0 Å². The average Bonchev–Trinajstić information content (AvgIpc) is 3.16. The van der Waals surface area contributed by atoms with E-state index in [0.717, 1.165) is 38.4 Å². The third kappa shape index (κ3) is 1.99. The molecule has 5 fully saturated rings. The van der Waals surface area contributed by atoms with Crippen LogP contribution in [-0.4, -0.2) is 29.7 Å². The molecule has 1 N–H and O–H groups in total. The molecule has 0 aromatic rings. The van der Waals surface area contributed by atoms with Crippen LogP contribution in [0.25, 0.3) is 0 Å². The lowest BCUT2D eigenvalue weighted by Crippen LogP contribution is -2.63. The van der Waals surface area contributed by atoms with Crippen molar-refractivity contribution in [3.63, 3.8) is 0 Å². The summed E-state index contributed by atoms with van der Waals surface area (Å²) in [5, 5.41) is 11.6. The summed E-state index contributed by atoms with van der Waals surface area (Å²) in [6.45, 7) is 8.76. The van der Waals surface area contributed by atoms with E-state index in [1.807, 2.05) is 0 Å². The molecule has 1 saturated heterocycles. The fourth-order valence-corrected chi connectivity index (χ4v) is 8.38. The fraction of sp³-hybridized carbons (Fsp3) is 1.00. The third-order valence-corrected chi connectivity index (χ3v) is 9.85. The van der Waals surface area contributed by atoms with Crippen LogP contribution in [-0.2, 0) is 9.47 Å². The van der Waals surface area contributed by atoms with E-state index >= 15 is 0 Å². The van der Waals surface area contributed by atoms with Crippen LogP contribution in [0, 0.1) is 34.5 Å². The van der Waals surface area contributed by atoms with Gasteiger partial charge in [0.1, 0.15) is 0 Å². The molecule has 3 heteroatoms. The highest BCUT2D eigenvalue weighted by Crippen LogP contribution is 2.70. The van der Waals surface area contributed by atoms with Gasteiger partial charge in [0.15, 0.2) is 5.79 Å². The highest BCUT2D eigenvalue weighted by Gasteiger charge is 2.69. The zero-order valence-electron chi connectivity index (χ0n) is 16.4. The van der Waals surface area contributed by atoms with Crippen LogP contribution in [0.15, 0.2) is 0 Å². The molecule has 0 bridgehead atoms. The largest absolute Gasteiger partial charge is 0.389 e. The molecule has 4 saturated carbocycles. The number of hydrogen-bond donors (Lipinski definition) is 1. The number of fused-ring (bicyclic) bond motifs is 6. The molecule has 25 heavy (non-hydrogen) atoms. The van der Waals surface area contributed by atoms with Crippen molar-refractivity contribution in [2.24, 2.45) is 34.5 Å². The molecular formula is C22H36O3. The van der Waals surface area contributed by atoms with E-state index in [2.05, 4.69) is 20.8 Å². The van der Waals surface area contributed by atoms with Crippen molar-refractivity contribution in [1.29, 1.82) is 0 Å². The first kappa shape index (κ1) is 17.0. The Bertz CT molecular complexity index is 555. The maximum atomic E-state index is 11.6. The van der Waals surface area contributed by atoms with Gasteiger partial charge >= 0.3 is 0 Å². The summed E-state index contributed by atoms with van der Waals surface area (Å²) in [6, 6.07) is 0. The van der Waals surface area contributed by atoms with Gasteiger partial charge in [0.2, 0.25) is 0 Å². The van der Waals surface area contributed by atoms with E-state index in [9.17, 15) is 5.11 Å². The van der Waals surface area contributed by atoms with Crippen molar-refractivity contribution in [3.05, 3.63) is 0 Å². The highest BCUT2D eigenvalue weighted by molar-refractivity contribution is 5.16. The average molecular weight is 349 g/mol. The number of aliphatic hydroxyl groups is 1. The Morgan fingerprint density at radius 2 is 1.44 bits per heavy atom. The van der Waals surface area contributed by atoms with Gasteiger partial charge in [0.25, 0.3) is 0 Å². The maximum Gasteiger partial charge on any atom is 0.174 e. The lowest BCUT2D eigenvalue weighted by Gasteiger charge is -2.64. The van der Waals surface area contributed by atoms with Gasteiger partial charge < -0.3 is 14.6 Å². The van der Waals surface area contributed by atoms with Crippen LogP contribution in [0.1, 0.15) is 78.6 Å². The summed E-state index contributed by atoms with van der Waals surface area (Å²) < 4.78 is 12.5. The molecule has 3 unspecified atom stereocenters. The number of ether oxygens (including phenoxy) is 2. The predicted octanol–water partition coefficient (Wildman–Crippen LogP) is 4.52. The summed E-state index contributed by atoms with van der Waals surface area (Å²) in [5.74, 6) is 2.54. The topological polar surface area (TPSA) is 38.7 Å². The van der Waals surface area contributed by atoms with Gasteiger partial charge in [-0.25, -0.2) is 0 Å². The molecule has 0 radical (unpaired) electrons. The smallest absolute Gasteiger partial charge is 0.174 e. The van der Waals surface area contributed by atoms with Gasteiger partial charge in [-0.1, -0.05) is 20.8 Å². The van der Waals surface area contributed by atoms with Crippen LogP contribution in [0.5, 0.6) is 0 Å². The van der Waals surface area contributed by atoms with E-state index in [1.54, 1.807) is 0 Å². The van der Waals surface area contributed by atoms with Crippen molar-refractivity contribution in [1.82, 2.24) is 0 Å². The molecule has 0 amide bonds. The summed E-state index contributed by atoms with van der Waals surface area (Å²) in [4.78, 5) is 0. The molecule has 142 valence electrons. The van der Waals surface area contributed by atoms with E-state index in [4.69, 9.17) is 9.47 Å². The Morgan fingerprint density at radius 3 is 2.20 bits per heavy atom. The Balaban J connectivity index is 1.48. The Labute approximate surface area is 152 Å². The van der Waals surface area contributed by atoms with E-state index < -0.39 is 5.60 Å². The van der Waals surface area contributed by atoms with Gasteiger partial charge in [0, 0.05) is 11.8 Å². The molecule has 5 rings (SSSR count). The summed E-state index contributed by atoms with van der Waals surface area (Å²) >= 11 is 0. The SMILES string of the molecule is C[C@H]1CC[C@]2(C)C3CC[C@@]4(C)C(CCC45OCCO5)C3CC[C@@]2(O)C1. The summed E-state index contributed by atoms with van der Waals surface area (Å²) in [6.07, 6.45) is 10.5. The summed E-state index contributed by atoms with van der Waals surface area (Å²) in [5.41, 5.74) is -0.119. The van der Waals surface area contributed by atoms with Crippen molar-refractivity contribution in [2.45, 2.75) is 89.9 Å². The molecule has 3 nitrogen and oxygen atoms in total. The monoisotopic (exact) mass is 348 g/mol. The molecule has 0 aromatic heterocycles. The Kier molecular flexibility index (Phi) is 3.56. The minimum Gasteiger partial charge on any atom is -0.389 e. The fourth-order valence-electron chi connectivity index (χ4n) is 8.38. The van der Waals surface area contributed by atoms with Crippen LogP contribution >= 0.6 is 0 Å². The standard InChI is InChI=1S/C22H36O3/c1-15-4-8-19(2)17-6-9-20(3)18(7-11-22(20)24-12-13-25-22)16(17)5-10-21(19,23)14-15/h15-18,23H,4-14H2,1-3H3/t15-,16?,17?,18?,19+,20-,21+/m0/s1. The minimum atomic E-state index is -0.420.